The Morgan fingerprint density at radius 2 is 2.05 bits per heavy atom. The minimum atomic E-state index is 0.760. The van der Waals surface area contributed by atoms with Crippen LogP contribution in [0, 0.1) is 12.8 Å². The summed E-state index contributed by atoms with van der Waals surface area (Å²) in [5, 5.41) is 3.44. The SMILES string of the molecule is Cc1cnc(NCC2CC3CCC(C2)N3C)c(N)c1. The molecular weight excluding hydrogens is 236 g/mol. The molecule has 1 aromatic heterocycles. The number of nitrogens with one attached hydrogen (secondary N) is 1. The van der Waals surface area contributed by atoms with Crippen LogP contribution in [0.2, 0.25) is 0 Å². The lowest BCUT2D eigenvalue weighted by molar-refractivity contribution is 0.139. The highest BCUT2D eigenvalue weighted by Gasteiger charge is 2.38. The van der Waals surface area contributed by atoms with Crippen LogP contribution >= 0.6 is 0 Å². The quantitative estimate of drug-likeness (QED) is 0.875. The molecule has 4 nitrogen and oxygen atoms in total. The molecule has 0 radical (unpaired) electrons. The first-order valence-electron chi connectivity index (χ1n) is 7.31. The summed E-state index contributed by atoms with van der Waals surface area (Å²) in [6, 6.07) is 3.58. The number of nitrogens with two attached hydrogens (primary N) is 1. The molecule has 3 rings (SSSR count). The number of piperidine rings is 1. The number of anilines is 2. The lowest BCUT2D eigenvalue weighted by Crippen LogP contribution is -2.41. The van der Waals surface area contributed by atoms with Crippen LogP contribution in [0.4, 0.5) is 11.5 Å². The van der Waals surface area contributed by atoms with E-state index in [1.54, 1.807) is 0 Å². The Bertz CT molecular complexity index is 445. The van der Waals surface area contributed by atoms with Crippen molar-refractivity contribution in [1.29, 1.82) is 0 Å². The number of hydrogen-bond acceptors (Lipinski definition) is 4. The molecule has 19 heavy (non-hydrogen) atoms. The van der Waals surface area contributed by atoms with Crippen molar-refractivity contribution in [2.24, 2.45) is 5.92 Å². The lowest BCUT2D eigenvalue weighted by Gasteiger charge is -2.36. The maximum Gasteiger partial charge on any atom is 0.149 e. The highest BCUT2D eigenvalue weighted by Crippen LogP contribution is 2.37. The molecule has 2 bridgehead atoms. The van der Waals surface area contributed by atoms with Gasteiger partial charge in [0.25, 0.3) is 0 Å². The van der Waals surface area contributed by atoms with E-state index in [1.807, 2.05) is 19.2 Å². The van der Waals surface area contributed by atoms with Gasteiger partial charge in [-0.3, -0.25) is 0 Å². The van der Waals surface area contributed by atoms with Gasteiger partial charge in [-0.15, -0.1) is 0 Å². The number of nitrogen functional groups attached to an aromatic ring is 1. The maximum absolute atomic E-state index is 5.99. The van der Waals surface area contributed by atoms with Gasteiger partial charge in [-0.1, -0.05) is 0 Å². The fraction of sp³-hybridized carbons (Fsp3) is 0.667. The molecule has 1 aromatic rings. The number of rotatable bonds is 3. The molecule has 0 amide bonds. The fourth-order valence-electron chi connectivity index (χ4n) is 3.67. The average Bonchev–Trinajstić information content (AvgIpc) is 2.62. The van der Waals surface area contributed by atoms with Gasteiger partial charge in [0.2, 0.25) is 0 Å². The highest BCUT2D eigenvalue weighted by molar-refractivity contribution is 5.61. The van der Waals surface area contributed by atoms with Crippen LogP contribution in [0.5, 0.6) is 0 Å². The van der Waals surface area contributed by atoms with Gasteiger partial charge in [0.15, 0.2) is 0 Å². The first-order chi connectivity index (χ1) is 9.13. The minimum absolute atomic E-state index is 0.760. The molecule has 3 heterocycles. The zero-order chi connectivity index (χ0) is 13.4. The van der Waals surface area contributed by atoms with E-state index in [-0.39, 0.29) is 0 Å². The molecule has 2 fully saturated rings. The van der Waals surface area contributed by atoms with Crippen molar-refractivity contribution in [1.82, 2.24) is 9.88 Å². The summed E-state index contributed by atoms with van der Waals surface area (Å²) >= 11 is 0. The summed E-state index contributed by atoms with van der Waals surface area (Å²) in [5.74, 6) is 1.60. The minimum Gasteiger partial charge on any atom is -0.396 e. The second kappa shape index (κ2) is 5.00. The molecule has 2 aliphatic heterocycles. The van der Waals surface area contributed by atoms with Crippen molar-refractivity contribution < 1.29 is 0 Å². The van der Waals surface area contributed by atoms with Crippen molar-refractivity contribution in [2.75, 3.05) is 24.6 Å². The van der Waals surface area contributed by atoms with Gasteiger partial charge in [-0.05, 0) is 57.2 Å². The van der Waals surface area contributed by atoms with Gasteiger partial charge >= 0.3 is 0 Å². The summed E-state index contributed by atoms with van der Waals surface area (Å²) in [7, 11) is 2.28. The Balaban J connectivity index is 1.58. The molecular formula is C15H24N4. The number of fused-ring (bicyclic) bond motifs is 2. The summed E-state index contributed by atoms with van der Waals surface area (Å²) in [4.78, 5) is 6.96. The second-order valence-corrected chi connectivity index (χ2v) is 6.22. The number of pyridine rings is 1. The first kappa shape index (κ1) is 12.7. The third kappa shape index (κ3) is 2.54. The molecule has 0 saturated carbocycles. The van der Waals surface area contributed by atoms with Crippen LogP contribution in [0.15, 0.2) is 12.3 Å². The van der Waals surface area contributed by atoms with E-state index in [2.05, 4.69) is 22.2 Å². The number of aryl methyl sites for hydroxylation is 1. The van der Waals surface area contributed by atoms with Gasteiger partial charge in [0.05, 0.1) is 5.69 Å². The topological polar surface area (TPSA) is 54.2 Å². The first-order valence-corrected chi connectivity index (χ1v) is 7.31. The van der Waals surface area contributed by atoms with Crippen LogP contribution in [-0.2, 0) is 0 Å². The molecule has 4 heteroatoms. The van der Waals surface area contributed by atoms with E-state index in [9.17, 15) is 0 Å². The van der Waals surface area contributed by atoms with Gasteiger partial charge in [-0.25, -0.2) is 4.98 Å². The third-order valence-electron chi connectivity index (χ3n) is 4.81. The Morgan fingerprint density at radius 1 is 1.37 bits per heavy atom. The summed E-state index contributed by atoms with van der Waals surface area (Å²) < 4.78 is 0. The van der Waals surface area contributed by atoms with Gasteiger partial charge in [0.1, 0.15) is 5.82 Å². The number of aromatic nitrogens is 1. The van der Waals surface area contributed by atoms with Gasteiger partial charge in [-0.2, -0.15) is 0 Å². The molecule has 0 spiro atoms. The number of hydrogen-bond donors (Lipinski definition) is 2. The normalized spacial score (nSPS) is 30.5. The van der Waals surface area contributed by atoms with Crippen LogP contribution in [0.25, 0.3) is 0 Å². The Morgan fingerprint density at radius 3 is 2.68 bits per heavy atom. The van der Waals surface area contributed by atoms with Crippen molar-refractivity contribution in [2.45, 2.75) is 44.7 Å². The van der Waals surface area contributed by atoms with E-state index in [0.29, 0.717) is 0 Å². The molecule has 0 aromatic carbocycles. The molecule has 2 saturated heterocycles. The van der Waals surface area contributed by atoms with Crippen molar-refractivity contribution >= 4 is 11.5 Å². The Labute approximate surface area is 115 Å². The smallest absolute Gasteiger partial charge is 0.149 e. The summed E-state index contributed by atoms with van der Waals surface area (Å²) in [5.41, 5.74) is 7.86. The zero-order valence-corrected chi connectivity index (χ0v) is 11.9. The molecule has 2 aliphatic rings. The summed E-state index contributed by atoms with van der Waals surface area (Å²) in [6.07, 6.45) is 7.25. The molecule has 3 N–H and O–H groups in total. The van der Waals surface area contributed by atoms with Crippen LogP contribution in [0.3, 0.4) is 0 Å². The predicted molar refractivity (Wildman–Crippen MR) is 79.2 cm³/mol. The number of nitrogens with zero attached hydrogens (tertiary/aromatic N) is 2. The zero-order valence-electron chi connectivity index (χ0n) is 11.9. The monoisotopic (exact) mass is 260 g/mol. The van der Waals surface area contributed by atoms with Crippen LogP contribution < -0.4 is 11.1 Å². The molecule has 104 valence electrons. The Hall–Kier alpha value is -1.29. The second-order valence-electron chi connectivity index (χ2n) is 6.22. The van der Waals surface area contributed by atoms with Crippen molar-refractivity contribution in [3.63, 3.8) is 0 Å². The van der Waals surface area contributed by atoms with Gasteiger partial charge < -0.3 is 16.0 Å². The van der Waals surface area contributed by atoms with E-state index in [1.165, 1.54) is 25.7 Å². The third-order valence-corrected chi connectivity index (χ3v) is 4.81. The lowest BCUT2D eigenvalue weighted by atomic mass is 9.91. The molecule has 0 aliphatic carbocycles. The molecule has 2 atom stereocenters. The predicted octanol–water partition coefficient (Wildman–Crippen LogP) is 2.26. The molecule has 2 unspecified atom stereocenters. The van der Waals surface area contributed by atoms with Crippen LogP contribution in [-0.4, -0.2) is 35.6 Å². The van der Waals surface area contributed by atoms with E-state index in [0.717, 1.165) is 41.6 Å². The average molecular weight is 260 g/mol. The fourth-order valence-corrected chi connectivity index (χ4v) is 3.67. The maximum atomic E-state index is 5.99. The van der Waals surface area contributed by atoms with E-state index < -0.39 is 0 Å². The van der Waals surface area contributed by atoms with Gasteiger partial charge in [0, 0.05) is 24.8 Å². The van der Waals surface area contributed by atoms with Crippen molar-refractivity contribution in [3.05, 3.63) is 17.8 Å². The van der Waals surface area contributed by atoms with Crippen LogP contribution in [0.1, 0.15) is 31.2 Å². The largest absolute Gasteiger partial charge is 0.396 e. The van der Waals surface area contributed by atoms with Crippen molar-refractivity contribution in [3.8, 4) is 0 Å². The van der Waals surface area contributed by atoms with E-state index >= 15 is 0 Å². The van der Waals surface area contributed by atoms with E-state index in [4.69, 9.17) is 5.73 Å². The summed E-state index contributed by atoms with van der Waals surface area (Å²) in [6.45, 7) is 3.02. The Kier molecular flexibility index (Phi) is 3.35. The highest BCUT2D eigenvalue weighted by atomic mass is 15.2. The standard InChI is InChI=1S/C15H24N4/c1-10-5-14(16)15(17-8-10)18-9-11-6-12-3-4-13(7-11)19(12)2/h5,8,11-13H,3-4,6-7,9,16H2,1-2H3,(H,17,18).